The molecule has 2 aliphatic heterocycles. The maximum Gasteiger partial charge on any atom is 0.200 e. The summed E-state index contributed by atoms with van der Waals surface area (Å²) >= 11 is 0. The third kappa shape index (κ3) is 0.993. The summed E-state index contributed by atoms with van der Waals surface area (Å²) in [5.41, 5.74) is 5.82. The van der Waals surface area contributed by atoms with Gasteiger partial charge in [-0.2, -0.15) is 0 Å². The SMILES string of the molecule is c1ccc2c3c([nH]c2c1)C1=[N+](CCC1)CC3. The molecular weight excluding hydrogens is 196 g/mol. The lowest BCUT2D eigenvalue weighted by atomic mass is 10.0. The maximum absolute atomic E-state index is 3.61. The highest BCUT2D eigenvalue weighted by Crippen LogP contribution is 2.28. The Hall–Kier alpha value is -1.57. The number of para-hydroxylation sites is 1. The lowest BCUT2D eigenvalue weighted by Crippen LogP contribution is -2.25. The van der Waals surface area contributed by atoms with E-state index < -0.39 is 0 Å². The Bertz CT molecular complexity index is 604. The van der Waals surface area contributed by atoms with E-state index >= 15 is 0 Å². The second-order valence-electron chi connectivity index (χ2n) is 4.81. The van der Waals surface area contributed by atoms with Gasteiger partial charge in [-0.3, -0.25) is 0 Å². The van der Waals surface area contributed by atoms with Crippen molar-refractivity contribution in [2.45, 2.75) is 19.3 Å². The molecule has 2 heteroatoms. The van der Waals surface area contributed by atoms with E-state index in [2.05, 4.69) is 33.8 Å². The second-order valence-corrected chi connectivity index (χ2v) is 4.81. The van der Waals surface area contributed by atoms with Crippen LogP contribution in [0.5, 0.6) is 0 Å². The topological polar surface area (TPSA) is 18.8 Å². The predicted molar refractivity (Wildman–Crippen MR) is 65.3 cm³/mol. The molecule has 0 spiro atoms. The van der Waals surface area contributed by atoms with Crippen LogP contribution in [-0.2, 0) is 6.42 Å². The van der Waals surface area contributed by atoms with Gasteiger partial charge >= 0.3 is 0 Å². The number of hydrogen-bond donors (Lipinski definition) is 1. The first kappa shape index (κ1) is 8.57. The fraction of sp³-hybridized carbons (Fsp3) is 0.357. The summed E-state index contributed by atoms with van der Waals surface area (Å²) in [7, 11) is 0. The zero-order valence-corrected chi connectivity index (χ0v) is 9.29. The third-order valence-electron chi connectivity index (χ3n) is 3.96. The largest absolute Gasteiger partial charge is 0.350 e. The summed E-state index contributed by atoms with van der Waals surface area (Å²) in [6.45, 7) is 2.47. The summed E-state index contributed by atoms with van der Waals surface area (Å²) in [5, 5.41) is 1.43. The van der Waals surface area contributed by atoms with E-state index in [1.165, 1.54) is 48.9 Å². The number of H-pyrrole nitrogens is 1. The number of benzene rings is 1. The number of fused-ring (bicyclic) bond motifs is 4. The minimum Gasteiger partial charge on any atom is -0.350 e. The molecule has 0 saturated heterocycles. The van der Waals surface area contributed by atoms with E-state index in [4.69, 9.17) is 0 Å². The van der Waals surface area contributed by atoms with Crippen LogP contribution in [0.3, 0.4) is 0 Å². The molecule has 2 aromatic rings. The molecule has 0 bridgehead atoms. The second kappa shape index (κ2) is 2.97. The standard InChI is InChI=1S/C14H14N2/c1-2-5-12-10(4-1)11-7-9-16-8-3-6-13(16)14(11)15-12/h1-2,4-5H,3,6-9H2/p+1. The van der Waals surface area contributed by atoms with E-state index in [1.54, 1.807) is 11.3 Å². The molecule has 2 nitrogen and oxygen atoms in total. The van der Waals surface area contributed by atoms with Crippen LogP contribution in [0.2, 0.25) is 0 Å². The summed E-state index contributed by atoms with van der Waals surface area (Å²) in [4.78, 5) is 3.61. The average Bonchev–Trinajstić information content (AvgIpc) is 2.92. The van der Waals surface area contributed by atoms with E-state index in [0.29, 0.717) is 0 Å². The fourth-order valence-electron chi connectivity index (χ4n) is 3.21. The molecule has 2 aliphatic rings. The van der Waals surface area contributed by atoms with Gasteiger partial charge in [0.2, 0.25) is 0 Å². The fourth-order valence-corrected chi connectivity index (χ4v) is 3.21. The molecule has 1 N–H and O–H groups in total. The van der Waals surface area contributed by atoms with Gasteiger partial charge in [0.05, 0.1) is 0 Å². The number of nitrogens with one attached hydrogen (secondary N) is 1. The first-order valence-electron chi connectivity index (χ1n) is 6.14. The van der Waals surface area contributed by atoms with Crippen molar-refractivity contribution in [2.75, 3.05) is 13.1 Å². The summed E-state index contributed by atoms with van der Waals surface area (Å²) in [6, 6.07) is 8.69. The van der Waals surface area contributed by atoms with Gasteiger partial charge in [0.15, 0.2) is 5.71 Å². The van der Waals surface area contributed by atoms with Crippen molar-refractivity contribution in [1.82, 2.24) is 4.98 Å². The first-order chi connectivity index (χ1) is 7.93. The van der Waals surface area contributed by atoms with Crippen molar-refractivity contribution < 1.29 is 4.58 Å². The highest BCUT2D eigenvalue weighted by molar-refractivity contribution is 6.03. The highest BCUT2D eigenvalue weighted by atomic mass is 15.0. The van der Waals surface area contributed by atoms with Crippen LogP contribution in [0.1, 0.15) is 24.1 Å². The van der Waals surface area contributed by atoms with E-state index in [0.717, 1.165) is 0 Å². The molecule has 16 heavy (non-hydrogen) atoms. The van der Waals surface area contributed by atoms with Gasteiger partial charge in [-0.15, -0.1) is 0 Å². The molecule has 0 amide bonds. The number of aromatic amines is 1. The zero-order valence-electron chi connectivity index (χ0n) is 9.29. The van der Waals surface area contributed by atoms with Crippen LogP contribution in [0, 0.1) is 0 Å². The molecule has 1 aromatic carbocycles. The van der Waals surface area contributed by atoms with Gasteiger partial charge < -0.3 is 4.98 Å². The number of aromatic nitrogens is 1. The molecule has 0 radical (unpaired) electrons. The van der Waals surface area contributed by atoms with Gasteiger partial charge in [0, 0.05) is 30.2 Å². The molecule has 4 rings (SSSR count). The van der Waals surface area contributed by atoms with Crippen LogP contribution in [0.25, 0.3) is 10.9 Å². The Balaban J connectivity index is 2.05. The van der Waals surface area contributed by atoms with Crippen molar-refractivity contribution in [1.29, 1.82) is 0 Å². The van der Waals surface area contributed by atoms with Gasteiger partial charge in [0.1, 0.15) is 18.8 Å². The molecule has 80 valence electrons. The highest BCUT2D eigenvalue weighted by Gasteiger charge is 2.32. The van der Waals surface area contributed by atoms with Crippen LogP contribution in [-0.4, -0.2) is 28.4 Å². The molecule has 0 fully saturated rings. The van der Waals surface area contributed by atoms with Gasteiger partial charge in [-0.25, -0.2) is 4.58 Å². The Morgan fingerprint density at radius 3 is 3.00 bits per heavy atom. The predicted octanol–water partition coefficient (Wildman–Crippen LogP) is 2.32. The van der Waals surface area contributed by atoms with Crippen LogP contribution in [0.4, 0.5) is 0 Å². The van der Waals surface area contributed by atoms with Crippen molar-refractivity contribution >= 4 is 16.6 Å². The molecule has 0 atom stereocenters. The molecule has 0 aliphatic carbocycles. The summed E-state index contributed by atoms with van der Waals surface area (Å²) < 4.78 is 2.55. The lowest BCUT2D eigenvalue weighted by Gasteiger charge is -2.09. The quantitative estimate of drug-likeness (QED) is 0.645. The van der Waals surface area contributed by atoms with E-state index in [1.807, 2.05) is 0 Å². The first-order valence-corrected chi connectivity index (χ1v) is 6.14. The smallest absolute Gasteiger partial charge is 0.200 e. The Kier molecular flexibility index (Phi) is 1.59. The lowest BCUT2D eigenvalue weighted by molar-refractivity contribution is -0.520. The zero-order chi connectivity index (χ0) is 10.5. The van der Waals surface area contributed by atoms with Gasteiger partial charge in [-0.05, 0) is 11.6 Å². The van der Waals surface area contributed by atoms with Crippen molar-refractivity contribution in [3.05, 3.63) is 35.5 Å². The third-order valence-corrected chi connectivity index (χ3v) is 3.96. The number of hydrogen-bond acceptors (Lipinski definition) is 0. The van der Waals surface area contributed by atoms with Crippen molar-refractivity contribution in [3.63, 3.8) is 0 Å². The molecule has 1 aromatic heterocycles. The van der Waals surface area contributed by atoms with Crippen LogP contribution in [0.15, 0.2) is 24.3 Å². The minimum atomic E-state index is 1.20. The monoisotopic (exact) mass is 211 g/mol. The Labute approximate surface area is 94.6 Å². The maximum atomic E-state index is 3.61. The minimum absolute atomic E-state index is 1.20. The van der Waals surface area contributed by atoms with Crippen molar-refractivity contribution in [2.24, 2.45) is 0 Å². The normalized spacial score (nSPS) is 19.0. The molecule has 0 saturated carbocycles. The van der Waals surface area contributed by atoms with Gasteiger partial charge in [0.25, 0.3) is 0 Å². The average molecular weight is 211 g/mol. The Morgan fingerprint density at radius 1 is 1.06 bits per heavy atom. The number of nitrogens with zero attached hydrogens (tertiary/aromatic N) is 1. The van der Waals surface area contributed by atoms with E-state index in [9.17, 15) is 0 Å². The molecular formula is C14H15N2+. The van der Waals surface area contributed by atoms with Crippen molar-refractivity contribution in [3.8, 4) is 0 Å². The van der Waals surface area contributed by atoms with Gasteiger partial charge in [-0.1, -0.05) is 18.2 Å². The molecule has 3 heterocycles. The summed E-state index contributed by atoms with van der Waals surface area (Å²) in [6.07, 6.45) is 3.77. The Morgan fingerprint density at radius 2 is 2.00 bits per heavy atom. The summed E-state index contributed by atoms with van der Waals surface area (Å²) in [5.74, 6) is 0. The van der Waals surface area contributed by atoms with Crippen LogP contribution < -0.4 is 0 Å². The number of rotatable bonds is 0. The molecule has 0 unspecified atom stereocenters. The van der Waals surface area contributed by atoms with E-state index in [-0.39, 0.29) is 0 Å². The van der Waals surface area contributed by atoms with Crippen LogP contribution >= 0.6 is 0 Å².